The summed E-state index contributed by atoms with van der Waals surface area (Å²) in [5, 5.41) is 14.8. The molecule has 0 fully saturated rings. The van der Waals surface area contributed by atoms with E-state index in [4.69, 9.17) is 4.98 Å². The lowest BCUT2D eigenvalue weighted by molar-refractivity contribution is 0.467. The number of hydrogen-bond donors (Lipinski definition) is 2. The monoisotopic (exact) mass is 399 g/mol. The average molecular weight is 400 g/mol. The normalized spacial score (nSPS) is 10.2. The van der Waals surface area contributed by atoms with Crippen LogP contribution in [0.4, 0.5) is 5.13 Å². The third kappa shape index (κ3) is 4.35. The molecule has 2 heterocycles. The van der Waals surface area contributed by atoms with Gasteiger partial charge in [-0.2, -0.15) is 0 Å². The number of hydrogen-bond acceptors (Lipinski definition) is 5. The summed E-state index contributed by atoms with van der Waals surface area (Å²) in [4.78, 5) is 8.97. The maximum atomic E-state index is 10.5. The van der Waals surface area contributed by atoms with Crippen LogP contribution in [0.1, 0.15) is 35.6 Å². The molecular weight excluding hydrogens is 377 g/mol. The first-order valence-corrected chi connectivity index (χ1v) is 8.67. The minimum Gasteiger partial charge on any atom is -0.507 e. The summed E-state index contributed by atoms with van der Waals surface area (Å²) in [5.41, 5.74) is 5.01. The van der Waals surface area contributed by atoms with Gasteiger partial charge in [-0.05, 0) is 43.0 Å². The Kier molecular flexibility index (Phi) is 7.93. The van der Waals surface area contributed by atoms with Gasteiger partial charge in [0.15, 0.2) is 5.13 Å². The Labute approximate surface area is 164 Å². The molecule has 7 heteroatoms. The maximum Gasteiger partial charge on any atom is 0.183 e. The number of phenols is 1. The standard InChI is InChI=1S/C18H21N3OS.2ClH/c1-4-7-20-18-21-15-14(9-13-6-5-8-19-10-13)11(2)16(22)12(3)17(15)23-18;;/h5-6,8,10,22H,4,7,9H2,1-3H3,(H,20,21);2*1H. The van der Waals surface area contributed by atoms with Crippen LogP contribution in [0.15, 0.2) is 24.5 Å². The van der Waals surface area contributed by atoms with Crippen molar-refractivity contribution in [3.63, 3.8) is 0 Å². The molecule has 0 amide bonds. The van der Waals surface area contributed by atoms with Crippen LogP contribution in [0.3, 0.4) is 0 Å². The molecule has 0 aliphatic heterocycles. The maximum absolute atomic E-state index is 10.5. The second-order valence-electron chi connectivity index (χ2n) is 5.74. The van der Waals surface area contributed by atoms with Gasteiger partial charge < -0.3 is 10.4 Å². The van der Waals surface area contributed by atoms with Crippen molar-refractivity contribution < 1.29 is 5.11 Å². The molecule has 2 N–H and O–H groups in total. The summed E-state index contributed by atoms with van der Waals surface area (Å²) in [5.74, 6) is 0.377. The SMILES string of the molecule is CCCNc1nc2c(Cc3cccnc3)c(C)c(O)c(C)c2s1.Cl.Cl. The fourth-order valence-electron chi connectivity index (χ4n) is 2.72. The number of nitrogens with one attached hydrogen (secondary N) is 1. The number of nitrogens with zero attached hydrogens (tertiary/aromatic N) is 2. The van der Waals surface area contributed by atoms with Crippen LogP contribution in [0, 0.1) is 13.8 Å². The van der Waals surface area contributed by atoms with Crippen molar-refractivity contribution in [3.8, 4) is 5.75 Å². The van der Waals surface area contributed by atoms with Gasteiger partial charge in [-0.15, -0.1) is 24.8 Å². The third-order valence-electron chi connectivity index (χ3n) is 4.05. The number of benzene rings is 1. The van der Waals surface area contributed by atoms with Gasteiger partial charge in [0, 0.05) is 30.9 Å². The summed E-state index contributed by atoms with van der Waals surface area (Å²) in [6.45, 7) is 6.96. The summed E-state index contributed by atoms with van der Waals surface area (Å²) in [6.07, 6.45) is 5.42. The summed E-state index contributed by atoms with van der Waals surface area (Å²) in [7, 11) is 0. The molecule has 0 aliphatic carbocycles. The molecule has 0 aliphatic rings. The largest absolute Gasteiger partial charge is 0.507 e. The molecule has 0 bridgehead atoms. The molecule has 136 valence electrons. The van der Waals surface area contributed by atoms with E-state index >= 15 is 0 Å². The average Bonchev–Trinajstić information content (AvgIpc) is 3.00. The number of aromatic nitrogens is 2. The van der Waals surface area contributed by atoms with Crippen LogP contribution < -0.4 is 5.32 Å². The van der Waals surface area contributed by atoms with Crippen LogP contribution in [-0.2, 0) is 6.42 Å². The highest BCUT2D eigenvalue weighted by molar-refractivity contribution is 7.22. The van der Waals surface area contributed by atoms with Crippen LogP contribution >= 0.6 is 36.2 Å². The number of halogens is 2. The van der Waals surface area contributed by atoms with Crippen molar-refractivity contribution in [1.82, 2.24) is 9.97 Å². The molecule has 3 aromatic rings. The molecule has 0 saturated heterocycles. The summed E-state index contributed by atoms with van der Waals surface area (Å²) >= 11 is 1.61. The van der Waals surface area contributed by atoms with Gasteiger partial charge in [0.25, 0.3) is 0 Å². The highest BCUT2D eigenvalue weighted by Crippen LogP contribution is 2.39. The van der Waals surface area contributed by atoms with E-state index in [9.17, 15) is 5.11 Å². The lowest BCUT2D eigenvalue weighted by atomic mass is 9.97. The van der Waals surface area contributed by atoms with Gasteiger partial charge in [0.05, 0.1) is 10.2 Å². The number of pyridine rings is 1. The smallest absolute Gasteiger partial charge is 0.183 e. The van der Waals surface area contributed by atoms with Gasteiger partial charge in [0.2, 0.25) is 0 Å². The Morgan fingerprint density at radius 1 is 1.20 bits per heavy atom. The molecule has 0 saturated carbocycles. The first kappa shape index (κ1) is 21.5. The van der Waals surface area contributed by atoms with Gasteiger partial charge in [-0.25, -0.2) is 4.98 Å². The number of rotatable bonds is 5. The first-order valence-electron chi connectivity index (χ1n) is 7.86. The zero-order valence-electron chi connectivity index (χ0n) is 14.5. The second-order valence-corrected chi connectivity index (χ2v) is 6.74. The van der Waals surface area contributed by atoms with E-state index in [-0.39, 0.29) is 24.8 Å². The number of aromatic hydroxyl groups is 1. The molecular formula is C18H23Cl2N3OS. The molecule has 2 aromatic heterocycles. The number of anilines is 1. The molecule has 3 rings (SSSR count). The predicted octanol–water partition coefficient (Wildman–Crippen LogP) is 5.27. The topological polar surface area (TPSA) is 58.0 Å². The minimum atomic E-state index is 0. The van der Waals surface area contributed by atoms with E-state index in [1.807, 2.05) is 26.1 Å². The Morgan fingerprint density at radius 3 is 2.60 bits per heavy atom. The van der Waals surface area contributed by atoms with E-state index in [0.29, 0.717) is 5.75 Å². The Morgan fingerprint density at radius 2 is 1.96 bits per heavy atom. The zero-order valence-corrected chi connectivity index (χ0v) is 16.9. The van der Waals surface area contributed by atoms with Crippen LogP contribution in [-0.4, -0.2) is 21.6 Å². The molecule has 0 unspecified atom stereocenters. The van der Waals surface area contributed by atoms with E-state index in [0.717, 1.165) is 57.0 Å². The van der Waals surface area contributed by atoms with Gasteiger partial charge in [-0.3, -0.25) is 4.98 Å². The number of phenolic OH excluding ortho intramolecular Hbond substituents is 1. The molecule has 0 spiro atoms. The van der Waals surface area contributed by atoms with Gasteiger partial charge >= 0.3 is 0 Å². The zero-order chi connectivity index (χ0) is 16.4. The first-order chi connectivity index (χ1) is 11.1. The third-order valence-corrected chi connectivity index (χ3v) is 5.18. The summed E-state index contributed by atoms with van der Waals surface area (Å²) < 4.78 is 1.06. The fourth-order valence-corrected chi connectivity index (χ4v) is 3.74. The summed E-state index contributed by atoms with van der Waals surface area (Å²) in [6, 6.07) is 3.99. The second kappa shape index (κ2) is 9.22. The minimum absolute atomic E-state index is 0. The molecule has 0 atom stereocenters. The van der Waals surface area contributed by atoms with Crippen LogP contribution in [0.5, 0.6) is 5.75 Å². The van der Waals surface area contributed by atoms with Crippen LogP contribution in [0.25, 0.3) is 10.2 Å². The molecule has 25 heavy (non-hydrogen) atoms. The van der Waals surface area contributed by atoms with Crippen molar-refractivity contribution in [1.29, 1.82) is 0 Å². The van der Waals surface area contributed by atoms with Crippen molar-refractivity contribution >= 4 is 51.5 Å². The highest BCUT2D eigenvalue weighted by Gasteiger charge is 2.18. The fraction of sp³-hybridized carbons (Fsp3) is 0.333. The van der Waals surface area contributed by atoms with Crippen molar-refractivity contribution in [2.75, 3.05) is 11.9 Å². The molecule has 0 radical (unpaired) electrons. The molecule has 1 aromatic carbocycles. The lowest BCUT2D eigenvalue weighted by Crippen LogP contribution is -1.99. The Balaban J connectivity index is 0.00000156. The van der Waals surface area contributed by atoms with Crippen molar-refractivity contribution in [2.24, 2.45) is 0 Å². The van der Waals surface area contributed by atoms with E-state index in [1.54, 1.807) is 17.5 Å². The van der Waals surface area contributed by atoms with Gasteiger partial charge in [0.1, 0.15) is 5.75 Å². The van der Waals surface area contributed by atoms with Crippen LogP contribution in [0.2, 0.25) is 0 Å². The van der Waals surface area contributed by atoms with Crippen molar-refractivity contribution in [3.05, 3.63) is 46.8 Å². The molecule has 4 nitrogen and oxygen atoms in total. The van der Waals surface area contributed by atoms with E-state index < -0.39 is 0 Å². The van der Waals surface area contributed by atoms with E-state index in [2.05, 4.69) is 23.3 Å². The lowest BCUT2D eigenvalue weighted by Gasteiger charge is -2.11. The van der Waals surface area contributed by atoms with Gasteiger partial charge in [-0.1, -0.05) is 24.3 Å². The number of fused-ring (bicyclic) bond motifs is 1. The Bertz CT molecular complexity index is 837. The quantitative estimate of drug-likeness (QED) is 0.613. The van der Waals surface area contributed by atoms with E-state index in [1.165, 1.54) is 0 Å². The Hall–Kier alpha value is -1.56. The highest BCUT2D eigenvalue weighted by atomic mass is 35.5. The predicted molar refractivity (Wildman–Crippen MR) is 111 cm³/mol. The van der Waals surface area contributed by atoms with Crippen molar-refractivity contribution in [2.45, 2.75) is 33.6 Å². The number of aryl methyl sites for hydroxylation is 1. The number of thiazole rings is 1.